The minimum absolute atomic E-state index is 0.0844. The van der Waals surface area contributed by atoms with Crippen LogP contribution >= 0.6 is 0 Å². The molecule has 0 aliphatic carbocycles. The van der Waals surface area contributed by atoms with E-state index in [1.165, 1.54) is 12.1 Å². The fourth-order valence-corrected chi connectivity index (χ4v) is 0.870. The van der Waals surface area contributed by atoms with Crippen LogP contribution < -0.4 is 0 Å². The fraction of sp³-hybridized carbons (Fsp3) is 0. The van der Waals surface area contributed by atoms with Gasteiger partial charge in [0.05, 0.1) is 0 Å². The summed E-state index contributed by atoms with van der Waals surface area (Å²) >= 11 is 0. The van der Waals surface area contributed by atoms with Crippen molar-refractivity contribution in [2.24, 2.45) is 0 Å². The van der Waals surface area contributed by atoms with Gasteiger partial charge in [0, 0.05) is 5.56 Å². The van der Waals surface area contributed by atoms with Crippen molar-refractivity contribution in [3.63, 3.8) is 0 Å². The van der Waals surface area contributed by atoms with E-state index in [4.69, 9.17) is 0 Å². The summed E-state index contributed by atoms with van der Waals surface area (Å²) in [6.07, 6.45) is 0.856. The molecule has 0 fully saturated rings. The lowest BCUT2D eigenvalue weighted by molar-refractivity contribution is -0.130. The molecule has 4 heteroatoms. The fourth-order valence-electron chi connectivity index (χ4n) is 0.870. The van der Waals surface area contributed by atoms with Crippen molar-refractivity contribution in [1.82, 2.24) is 0 Å². The normalized spacial score (nSPS) is 9.14. The summed E-state index contributed by atoms with van der Waals surface area (Å²) in [5, 5.41) is 0. The smallest absolute Gasteiger partial charge is 0.281 e. The molecule has 0 bridgehead atoms. The molecule has 0 aliphatic heterocycles. The Labute approximate surface area is 79.5 Å². The number of rotatable bonds is 4. The molecule has 4 nitrogen and oxygen atoms in total. The summed E-state index contributed by atoms with van der Waals surface area (Å²) < 4.78 is 0. The van der Waals surface area contributed by atoms with Crippen molar-refractivity contribution in [3.05, 3.63) is 35.9 Å². The van der Waals surface area contributed by atoms with Gasteiger partial charge in [-0.2, -0.15) is 0 Å². The van der Waals surface area contributed by atoms with Crippen molar-refractivity contribution in [1.29, 1.82) is 0 Å². The van der Waals surface area contributed by atoms with Crippen LogP contribution in [0.3, 0.4) is 0 Å². The van der Waals surface area contributed by atoms with E-state index in [0.29, 0.717) is 0 Å². The molecule has 0 N–H and O–H groups in total. The number of Topliss-reactive ketones (excluding diaryl/α,β-unsaturated/α-hetero) is 3. The van der Waals surface area contributed by atoms with Crippen LogP contribution in [0, 0.1) is 0 Å². The van der Waals surface area contributed by atoms with Crippen LogP contribution in [0.15, 0.2) is 30.3 Å². The second-order valence-electron chi connectivity index (χ2n) is 2.46. The second-order valence-corrected chi connectivity index (χ2v) is 2.46. The van der Waals surface area contributed by atoms with Crippen LogP contribution in [-0.2, 0) is 14.4 Å². The van der Waals surface area contributed by atoms with Crippen LogP contribution in [0.25, 0.3) is 0 Å². The maximum absolute atomic E-state index is 11.2. The summed E-state index contributed by atoms with van der Waals surface area (Å²) in [6, 6.07) is 7.54. The van der Waals surface area contributed by atoms with Crippen molar-refractivity contribution in [3.8, 4) is 0 Å². The number of ketones is 3. The third kappa shape index (κ3) is 1.98. The van der Waals surface area contributed by atoms with Crippen molar-refractivity contribution >= 4 is 23.6 Å². The number of benzene rings is 1. The highest BCUT2D eigenvalue weighted by Crippen LogP contribution is 2.00. The van der Waals surface area contributed by atoms with E-state index in [0.717, 1.165) is 6.29 Å². The van der Waals surface area contributed by atoms with Gasteiger partial charge in [-0.05, 0) is 0 Å². The van der Waals surface area contributed by atoms with Crippen LogP contribution in [0.4, 0.5) is 0 Å². The first-order valence-corrected chi connectivity index (χ1v) is 3.73. The van der Waals surface area contributed by atoms with Gasteiger partial charge in [0.15, 0.2) is 0 Å². The molecule has 1 aromatic carbocycles. The molecule has 0 atom stereocenters. The zero-order valence-electron chi connectivity index (χ0n) is 7.02. The van der Waals surface area contributed by atoms with Crippen LogP contribution in [0.5, 0.6) is 0 Å². The van der Waals surface area contributed by atoms with Gasteiger partial charge in [0.2, 0.25) is 5.78 Å². The average Bonchev–Trinajstić information content (AvgIpc) is 2.27. The summed E-state index contributed by atoms with van der Waals surface area (Å²) in [4.78, 5) is 42.5. The van der Waals surface area contributed by atoms with Crippen molar-refractivity contribution in [2.75, 3.05) is 0 Å². The molecule has 1 rings (SSSR count). The second kappa shape index (κ2) is 4.23. The molecule has 14 heavy (non-hydrogen) atoms. The van der Waals surface area contributed by atoms with E-state index in [2.05, 4.69) is 0 Å². The summed E-state index contributed by atoms with van der Waals surface area (Å²) in [5.41, 5.74) is 0.0844. The Morgan fingerprint density at radius 3 is 2.07 bits per heavy atom. The quantitative estimate of drug-likeness (QED) is 0.383. The number of carbonyl (C=O) groups excluding carboxylic acids is 4. The third-order valence-electron chi connectivity index (χ3n) is 1.54. The Morgan fingerprint density at radius 1 is 1.00 bits per heavy atom. The Kier molecular flexibility index (Phi) is 3.01. The topological polar surface area (TPSA) is 68.3 Å². The predicted molar refractivity (Wildman–Crippen MR) is 46.5 cm³/mol. The molecule has 1 aromatic rings. The lowest BCUT2D eigenvalue weighted by Gasteiger charge is -1.94. The number of carbonyl (C=O) groups is 3. The first-order valence-electron chi connectivity index (χ1n) is 3.73. The molecule has 1 radical (unpaired) electrons. The van der Waals surface area contributed by atoms with Crippen LogP contribution in [0.1, 0.15) is 10.4 Å². The van der Waals surface area contributed by atoms with E-state index >= 15 is 0 Å². The van der Waals surface area contributed by atoms with E-state index in [1.54, 1.807) is 18.2 Å². The largest absolute Gasteiger partial charge is 0.285 e. The standard InChI is InChI=1S/C10H5O4/c11-6-8(12)10(14)9(13)7-4-2-1-3-5-7/h1-5H. The van der Waals surface area contributed by atoms with Gasteiger partial charge in [-0.3, -0.25) is 19.2 Å². The van der Waals surface area contributed by atoms with Crippen molar-refractivity contribution in [2.45, 2.75) is 0 Å². The summed E-state index contributed by atoms with van der Waals surface area (Å²) in [6.45, 7) is 0. The molecular weight excluding hydrogens is 184 g/mol. The summed E-state index contributed by atoms with van der Waals surface area (Å²) in [5.74, 6) is -3.79. The Hall–Kier alpha value is -2.10. The molecular formula is C10H5O4. The van der Waals surface area contributed by atoms with Crippen LogP contribution in [-0.4, -0.2) is 23.6 Å². The molecule has 0 unspecified atom stereocenters. The molecule has 0 aliphatic rings. The lowest BCUT2D eigenvalue weighted by atomic mass is 10.1. The Morgan fingerprint density at radius 2 is 1.57 bits per heavy atom. The zero-order valence-corrected chi connectivity index (χ0v) is 7.02. The van der Waals surface area contributed by atoms with E-state index < -0.39 is 17.3 Å². The average molecular weight is 189 g/mol. The molecule has 0 aromatic heterocycles. The predicted octanol–water partition coefficient (Wildman–Crippen LogP) is 0.117. The summed E-state index contributed by atoms with van der Waals surface area (Å²) in [7, 11) is 0. The minimum Gasteiger partial charge on any atom is -0.285 e. The van der Waals surface area contributed by atoms with E-state index in [9.17, 15) is 19.2 Å². The SMILES string of the molecule is O=[C]C(=O)C(=O)C(=O)c1ccccc1. The lowest BCUT2D eigenvalue weighted by Crippen LogP contribution is -2.24. The highest BCUT2D eigenvalue weighted by molar-refractivity contribution is 6.76. The van der Waals surface area contributed by atoms with Gasteiger partial charge in [-0.1, -0.05) is 30.3 Å². The molecule has 0 heterocycles. The highest BCUT2D eigenvalue weighted by atomic mass is 16.2. The number of hydrogen-bond acceptors (Lipinski definition) is 4. The van der Waals surface area contributed by atoms with E-state index in [-0.39, 0.29) is 5.56 Å². The van der Waals surface area contributed by atoms with E-state index in [1.807, 2.05) is 0 Å². The van der Waals surface area contributed by atoms with Gasteiger partial charge in [0.25, 0.3) is 17.9 Å². The van der Waals surface area contributed by atoms with Crippen molar-refractivity contribution < 1.29 is 19.2 Å². The van der Waals surface area contributed by atoms with Gasteiger partial charge in [0.1, 0.15) is 0 Å². The monoisotopic (exact) mass is 189 g/mol. The first kappa shape index (κ1) is 9.98. The van der Waals surface area contributed by atoms with Gasteiger partial charge < -0.3 is 0 Å². The minimum atomic E-state index is -1.45. The first-order chi connectivity index (χ1) is 6.66. The Balaban J connectivity index is 2.92. The van der Waals surface area contributed by atoms with Gasteiger partial charge >= 0.3 is 0 Å². The maximum atomic E-state index is 11.2. The highest BCUT2D eigenvalue weighted by Gasteiger charge is 2.23. The molecule has 0 saturated heterocycles. The molecule has 0 saturated carbocycles. The third-order valence-corrected chi connectivity index (χ3v) is 1.54. The molecule has 0 amide bonds. The Bertz CT molecular complexity index is 392. The van der Waals surface area contributed by atoms with Gasteiger partial charge in [-0.25, -0.2) is 0 Å². The molecule has 69 valence electrons. The molecule has 0 spiro atoms. The van der Waals surface area contributed by atoms with Gasteiger partial charge in [-0.15, -0.1) is 0 Å². The maximum Gasteiger partial charge on any atom is 0.281 e. The number of hydrogen-bond donors (Lipinski definition) is 0. The zero-order chi connectivity index (χ0) is 10.6. The van der Waals surface area contributed by atoms with Crippen LogP contribution in [0.2, 0.25) is 0 Å².